The topological polar surface area (TPSA) is 109 Å². The van der Waals surface area contributed by atoms with E-state index >= 15 is 0 Å². The van der Waals surface area contributed by atoms with Crippen molar-refractivity contribution in [2.45, 2.75) is 37.6 Å². The third-order valence-electron chi connectivity index (χ3n) is 5.67. The Bertz CT molecular complexity index is 1480. The predicted molar refractivity (Wildman–Crippen MR) is 150 cm³/mol. The van der Waals surface area contributed by atoms with Crippen molar-refractivity contribution in [3.63, 3.8) is 0 Å². The molecule has 3 N–H and O–H groups in total. The van der Waals surface area contributed by atoms with E-state index in [1.54, 1.807) is 48.7 Å². The summed E-state index contributed by atoms with van der Waals surface area (Å²) in [6.45, 7) is 7.09. The van der Waals surface area contributed by atoms with E-state index in [9.17, 15) is 13.5 Å². The minimum absolute atomic E-state index is 0.182. The first-order chi connectivity index (χ1) is 17.5. The molecule has 0 amide bonds. The van der Waals surface area contributed by atoms with Gasteiger partial charge in [-0.1, -0.05) is 28.1 Å². The van der Waals surface area contributed by atoms with E-state index in [-0.39, 0.29) is 16.2 Å². The Hall–Kier alpha value is -3.21. The van der Waals surface area contributed by atoms with E-state index in [4.69, 9.17) is 5.10 Å². The number of pyridine rings is 1. The number of hydrogen-bond donors (Lipinski definition) is 3. The van der Waals surface area contributed by atoms with Gasteiger partial charge in [0.2, 0.25) is 10.0 Å². The van der Waals surface area contributed by atoms with Crippen molar-refractivity contribution in [2.24, 2.45) is 0 Å². The smallest absolute Gasteiger partial charge is 0.240 e. The number of nitrogens with one attached hydrogen (secondary N) is 2. The molecule has 0 saturated heterocycles. The van der Waals surface area contributed by atoms with Gasteiger partial charge in [0.25, 0.3) is 0 Å². The molecule has 0 aliphatic carbocycles. The number of anilines is 1. The number of halogens is 1. The van der Waals surface area contributed by atoms with Gasteiger partial charge in [0.05, 0.1) is 10.4 Å². The zero-order chi connectivity index (χ0) is 26.6. The van der Waals surface area contributed by atoms with E-state index in [0.29, 0.717) is 25.3 Å². The number of aromatic hydroxyl groups is 1. The van der Waals surface area contributed by atoms with Crippen LogP contribution >= 0.6 is 15.9 Å². The highest BCUT2D eigenvalue weighted by Gasteiger charge is 2.20. The van der Waals surface area contributed by atoms with Gasteiger partial charge in [-0.3, -0.25) is 4.68 Å². The molecule has 2 heterocycles. The Morgan fingerprint density at radius 1 is 1.00 bits per heavy atom. The van der Waals surface area contributed by atoms with E-state index in [1.165, 1.54) is 0 Å². The standard InChI is InChI=1S/C27H30BrN5O3S/c1-27(2,3)33-18-24(26(32-33)20-6-4-7-22(34)16-20)19-12-15-30-25(17-19)29-13-5-14-31-37(35,36)23-10-8-21(28)9-11-23/h4,6-12,15-18,31,34H,5,13-14H2,1-3H3,(H,29,30). The summed E-state index contributed by atoms with van der Waals surface area (Å²) >= 11 is 3.31. The van der Waals surface area contributed by atoms with E-state index in [1.807, 2.05) is 29.1 Å². The summed E-state index contributed by atoms with van der Waals surface area (Å²) in [6, 6.07) is 17.5. The fourth-order valence-electron chi connectivity index (χ4n) is 3.70. The van der Waals surface area contributed by atoms with Gasteiger partial charge in [-0.25, -0.2) is 18.1 Å². The summed E-state index contributed by atoms with van der Waals surface area (Å²) in [6.07, 6.45) is 4.32. The molecule has 0 saturated carbocycles. The Morgan fingerprint density at radius 3 is 2.46 bits per heavy atom. The van der Waals surface area contributed by atoms with Crippen LogP contribution in [0, 0.1) is 0 Å². The Morgan fingerprint density at radius 2 is 1.76 bits per heavy atom. The predicted octanol–water partition coefficient (Wildman–Crippen LogP) is 5.62. The second-order valence-electron chi connectivity index (χ2n) is 9.62. The number of nitrogens with zero attached hydrogens (tertiary/aromatic N) is 3. The average Bonchev–Trinajstić information content (AvgIpc) is 3.31. The minimum Gasteiger partial charge on any atom is -0.508 e. The van der Waals surface area contributed by atoms with Crippen LogP contribution in [0.15, 0.2) is 82.4 Å². The Labute approximate surface area is 226 Å². The minimum atomic E-state index is -3.55. The molecular formula is C27H30BrN5O3S. The summed E-state index contributed by atoms with van der Waals surface area (Å²) in [5.41, 5.74) is 3.23. The van der Waals surface area contributed by atoms with Crippen LogP contribution in [0.3, 0.4) is 0 Å². The van der Waals surface area contributed by atoms with Gasteiger partial charge >= 0.3 is 0 Å². The summed E-state index contributed by atoms with van der Waals surface area (Å²) in [5.74, 6) is 0.861. The third kappa shape index (κ3) is 6.76. The lowest BCUT2D eigenvalue weighted by Crippen LogP contribution is -2.26. The van der Waals surface area contributed by atoms with Crippen LogP contribution in [0.1, 0.15) is 27.2 Å². The number of phenolic OH excluding ortho intramolecular Hbond substituents is 1. The summed E-state index contributed by atoms with van der Waals surface area (Å²) < 4.78 is 30.3. The van der Waals surface area contributed by atoms with Gasteiger partial charge in [0.1, 0.15) is 17.3 Å². The molecule has 0 unspecified atom stereocenters. The molecule has 0 fully saturated rings. The first-order valence-electron chi connectivity index (χ1n) is 11.9. The van der Waals surface area contributed by atoms with Gasteiger partial charge in [0, 0.05) is 41.1 Å². The number of sulfonamides is 1. The highest BCUT2D eigenvalue weighted by atomic mass is 79.9. The van der Waals surface area contributed by atoms with Crippen molar-refractivity contribution < 1.29 is 13.5 Å². The number of benzene rings is 2. The maximum Gasteiger partial charge on any atom is 0.240 e. The van der Waals surface area contributed by atoms with Crippen LogP contribution in [0.25, 0.3) is 22.4 Å². The van der Waals surface area contributed by atoms with Crippen LogP contribution in [0.5, 0.6) is 5.75 Å². The second-order valence-corrected chi connectivity index (χ2v) is 12.3. The first kappa shape index (κ1) is 26.8. The van der Waals surface area contributed by atoms with Crippen LogP contribution in [0.2, 0.25) is 0 Å². The van der Waals surface area contributed by atoms with E-state index in [0.717, 1.165) is 26.9 Å². The molecule has 2 aromatic carbocycles. The third-order valence-corrected chi connectivity index (χ3v) is 7.67. The Kier molecular flexibility index (Phi) is 8.01. The summed E-state index contributed by atoms with van der Waals surface area (Å²) in [5, 5.41) is 18.1. The second kappa shape index (κ2) is 11.0. The quantitative estimate of drug-likeness (QED) is 0.221. The molecule has 0 radical (unpaired) electrons. The van der Waals surface area contributed by atoms with Crippen molar-refractivity contribution in [1.82, 2.24) is 19.5 Å². The largest absolute Gasteiger partial charge is 0.508 e. The van der Waals surface area contributed by atoms with Crippen molar-refractivity contribution >= 4 is 31.8 Å². The van der Waals surface area contributed by atoms with E-state index < -0.39 is 10.0 Å². The maximum absolute atomic E-state index is 12.4. The molecule has 4 aromatic rings. The van der Waals surface area contributed by atoms with Crippen LogP contribution in [-0.4, -0.2) is 41.4 Å². The number of hydrogen-bond acceptors (Lipinski definition) is 6. The van der Waals surface area contributed by atoms with Gasteiger partial charge in [-0.2, -0.15) is 5.10 Å². The summed E-state index contributed by atoms with van der Waals surface area (Å²) in [4.78, 5) is 4.65. The van der Waals surface area contributed by atoms with Crippen molar-refractivity contribution in [1.29, 1.82) is 0 Å². The SMILES string of the molecule is CC(C)(C)n1cc(-c2ccnc(NCCCNS(=O)(=O)c3ccc(Br)cc3)c2)c(-c2cccc(O)c2)n1. The van der Waals surface area contributed by atoms with Crippen LogP contribution < -0.4 is 10.0 Å². The van der Waals surface area contributed by atoms with Gasteiger partial charge < -0.3 is 10.4 Å². The lowest BCUT2D eigenvalue weighted by molar-refractivity contribution is 0.356. The van der Waals surface area contributed by atoms with Crippen molar-refractivity contribution in [2.75, 3.05) is 18.4 Å². The average molecular weight is 585 g/mol. The normalized spacial score (nSPS) is 12.0. The van der Waals surface area contributed by atoms with Crippen molar-refractivity contribution in [3.8, 4) is 28.1 Å². The molecule has 0 spiro atoms. The molecule has 0 aliphatic heterocycles. The zero-order valence-electron chi connectivity index (χ0n) is 20.9. The maximum atomic E-state index is 12.4. The molecule has 0 bridgehead atoms. The van der Waals surface area contributed by atoms with Crippen LogP contribution in [-0.2, 0) is 15.6 Å². The number of rotatable bonds is 9. The van der Waals surface area contributed by atoms with Gasteiger partial charge in [-0.15, -0.1) is 0 Å². The Balaban J connectivity index is 1.45. The van der Waals surface area contributed by atoms with Crippen molar-refractivity contribution in [3.05, 3.63) is 77.5 Å². The fourth-order valence-corrected chi connectivity index (χ4v) is 5.04. The molecule has 2 aromatic heterocycles. The summed E-state index contributed by atoms with van der Waals surface area (Å²) in [7, 11) is -3.55. The fraction of sp³-hybridized carbons (Fsp3) is 0.259. The molecule has 10 heteroatoms. The van der Waals surface area contributed by atoms with Gasteiger partial charge in [0.15, 0.2) is 0 Å². The number of aromatic nitrogens is 3. The first-order valence-corrected chi connectivity index (χ1v) is 14.2. The lowest BCUT2D eigenvalue weighted by atomic mass is 10.0. The zero-order valence-corrected chi connectivity index (χ0v) is 23.3. The molecule has 0 atom stereocenters. The molecule has 194 valence electrons. The monoisotopic (exact) mass is 583 g/mol. The number of phenols is 1. The van der Waals surface area contributed by atoms with Crippen LogP contribution in [0.4, 0.5) is 5.82 Å². The molecule has 0 aliphatic rings. The lowest BCUT2D eigenvalue weighted by Gasteiger charge is -2.18. The highest BCUT2D eigenvalue weighted by molar-refractivity contribution is 9.10. The molecular weight excluding hydrogens is 554 g/mol. The van der Waals surface area contributed by atoms with E-state index in [2.05, 4.69) is 51.7 Å². The molecule has 8 nitrogen and oxygen atoms in total. The van der Waals surface area contributed by atoms with Gasteiger partial charge in [-0.05, 0) is 81.3 Å². The molecule has 4 rings (SSSR count). The molecule has 37 heavy (non-hydrogen) atoms. The highest BCUT2D eigenvalue weighted by Crippen LogP contribution is 2.34.